The van der Waals surface area contributed by atoms with E-state index in [1.807, 2.05) is 12.1 Å². The molecule has 0 aliphatic carbocycles. The van der Waals surface area contributed by atoms with Crippen LogP contribution in [0, 0.1) is 5.41 Å². The minimum Gasteiger partial charge on any atom is -0.435 e. The summed E-state index contributed by atoms with van der Waals surface area (Å²) in [5, 5.41) is 3.45. The van der Waals surface area contributed by atoms with Crippen molar-refractivity contribution in [3.63, 3.8) is 0 Å². The van der Waals surface area contributed by atoms with Crippen LogP contribution in [0.3, 0.4) is 0 Å². The molecule has 0 radical (unpaired) electrons. The third-order valence-corrected chi connectivity index (χ3v) is 4.40. The number of benzene rings is 1. The molecule has 1 aromatic rings. The standard InChI is InChI=1S/C15H20F2N2O.ClH/c16-14(17)20-13-3-1-12(2-4-13)9-19-8-6-15(11-19)5-7-18-10-15;/h1-4,14,18H,5-11H2;1H. The molecule has 6 heteroatoms. The Bertz CT molecular complexity index is 449. The molecule has 118 valence electrons. The Hall–Kier alpha value is -0.910. The predicted molar refractivity (Wildman–Crippen MR) is 80.1 cm³/mol. The van der Waals surface area contributed by atoms with Gasteiger partial charge in [-0.25, -0.2) is 0 Å². The van der Waals surface area contributed by atoms with E-state index >= 15 is 0 Å². The molecule has 1 unspecified atom stereocenters. The van der Waals surface area contributed by atoms with Crippen LogP contribution in [0.4, 0.5) is 8.78 Å². The maximum Gasteiger partial charge on any atom is 0.387 e. The predicted octanol–water partition coefficient (Wildman–Crippen LogP) is 2.90. The summed E-state index contributed by atoms with van der Waals surface area (Å²) < 4.78 is 28.5. The Morgan fingerprint density at radius 3 is 2.62 bits per heavy atom. The number of rotatable bonds is 4. The van der Waals surface area contributed by atoms with E-state index in [1.165, 1.54) is 12.8 Å². The van der Waals surface area contributed by atoms with Gasteiger partial charge in [-0.1, -0.05) is 12.1 Å². The van der Waals surface area contributed by atoms with Gasteiger partial charge in [0.1, 0.15) is 5.75 Å². The summed E-state index contributed by atoms with van der Waals surface area (Å²) in [7, 11) is 0. The van der Waals surface area contributed by atoms with Crippen LogP contribution in [0.1, 0.15) is 18.4 Å². The van der Waals surface area contributed by atoms with Crippen molar-refractivity contribution >= 4 is 12.4 Å². The lowest BCUT2D eigenvalue weighted by Gasteiger charge is -2.22. The molecule has 2 fully saturated rings. The third kappa shape index (κ3) is 4.05. The van der Waals surface area contributed by atoms with Gasteiger partial charge in [-0.3, -0.25) is 4.90 Å². The second-order valence-electron chi connectivity index (χ2n) is 5.91. The lowest BCUT2D eigenvalue weighted by atomic mass is 9.86. The lowest BCUT2D eigenvalue weighted by Crippen LogP contribution is -2.28. The summed E-state index contributed by atoms with van der Waals surface area (Å²) >= 11 is 0. The summed E-state index contributed by atoms with van der Waals surface area (Å²) in [6.07, 6.45) is 2.53. The number of alkyl halides is 2. The van der Waals surface area contributed by atoms with Gasteiger partial charge >= 0.3 is 6.61 Å². The van der Waals surface area contributed by atoms with E-state index in [4.69, 9.17) is 0 Å². The molecule has 1 atom stereocenters. The fourth-order valence-electron chi connectivity index (χ4n) is 3.34. The highest BCUT2D eigenvalue weighted by molar-refractivity contribution is 5.85. The molecule has 3 rings (SSSR count). The zero-order valence-corrected chi connectivity index (χ0v) is 12.7. The molecule has 2 aliphatic rings. The third-order valence-electron chi connectivity index (χ3n) is 4.40. The second-order valence-corrected chi connectivity index (χ2v) is 5.91. The summed E-state index contributed by atoms with van der Waals surface area (Å²) in [5.74, 6) is 0.224. The summed E-state index contributed by atoms with van der Waals surface area (Å²) in [6.45, 7) is 2.65. The molecule has 3 nitrogen and oxygen atoms in total. The van der Waals surface area contributed by atoms with Gasteiger partial charge < -0.3 is 10.1 Å². The Labute approximate surface area is 130 Å². The normalized spacial score (nSPS) is 25.5. The highest BCUT2D eigenvalue weighted by Crippen LogP contribution is 2.36. The van der Waals surface area contributed by atoms with E-state index in [-0.39, 0.29) is 18.2 Å². The smallest absolute Gasteiger partial charge is 0.387 e. The van der Waals surface area contributed by atoms with E-state index in [0.29, 0.717) is 5.41 Å². The van der Waals surface area contributed by atoms with Crippen LogP contribution in [0.25, 0.3) is 0 Å². The van der Waals surface area contributed by atoms with Crippen LogP contribution in [0.5, 0.6) is 5.75 Å². The first-order valence-corrected chi connectivity index (χ1v) is 7.12. The van der Waals surface area contributed by atoms with Crippen molar-refractivity contribution in [2.75, 3.05) is 26.2 Å². The van der Waals surface area contributed by atoms with E-state index in [2.05, 4.69) is 15.0 Å². The molecule has 1 spiro atoms. The molecule has 1 aromatic carbocycles. The average molecular weight is 319 g/mol. The zero-order valence-electron chi connectivity index (χ0n) is 11.9. The average Bonchev–Trinajstić information content (AvgIpc) is 3.02. The molecule has 2 saturated heterocycles. The maximum atomic E-state index is 12.1. The van der Waals surface area contributed by atoms with E-state index < -0.39 is 6.61 Å². The Morgan fingerprint density at radius 1 is 1.24 bits per heavy atom. The van der Waals surface area contributed by atoms with Crippen molar-refractivity contribution in [1.29, 1.82) is 0 Å². The van der Waals surface area contributed by atoms with Gasteiger partial charge in [0, 0.05) is 19.6 Å². The Kier molecular flexibility index (Phi) is 5.41. The van der Waals surface area contributed by atoms with E-state index in [0.717, 1.165) is 38.3 Å². The lowest BCUT2D eigenvalue weighted by molar-refractivity contribution is -0.0498. The molecule has 0 bridgehead atoms. The molecular formula is C15H21ClF2N2O. The van der Waals surface area contributed by atoms with Crippen LogP contribution in [-0.2, 0) is 6.54 Å². The van der Waals surface area contributed by atoms with Crippen LogP contribution in [-0.4, -0.2) is 37.7 Å². The number of hydrogen-bond donors (Lipinski definition) is 1. The van der Waals surface area contributed by atoms with Gasteiger partial charge in [0.2, 0.25) is 0 Å². The van der Waals surface area contributed by atoms with Crippen LogP contribution in [0.2, 0.25) is 0 Å². The van der Waals surface area contributed by atoms with Crippen molar-refractivity contribution in [3.05, 3.63) is 29.8 Å². The molecule has 1 N–H and O–H groups in total. The maximum absolute atomic E-state index is 12.1. The van der Waals surface area contributed by atoms with Crippen LogP contribution >= 0.6 is 12.4 Å². The molecular weight excluding hydrogens is 298 g/mol. The highest BCUT2D eigenvalue weighted by Gasteiger charge is 2.39. The van der Waals surface area contributed by atoms with E-state index in [9.17, 15) is 8.78 Å². The quantitative estimate of drug-likeness (QED) is 0.924. The number of nitrogens with one attached hydrogen (secondary N) is 1. The van der Waals surface area contributed by atoms with Gasteiger partial charge in [0.25, 0.3) is 0 Å². The van der Waals surface area contributed by atoms with Crippen molar-refractivity contribution in [2.45, 2.75) is 26.0 Å². The number of likely N-dealkylation sites (tertiary alicyclic amines) is 1. The van der Waals surface area contributed by atoms with Crippen LogP contribution < -0.4 is 10.1 Å². The second kappa shape index (κ2) is 6.90. The fourth-order valence-corrected chi connectivity index (χ4v) is 3.34. The van der Waals surface area contributed by atoms with Gasteiger partial charge in [-0.05, 0) is 49.0 Å². The van der Waals surface area contributed by atoms with Crippen molar-refractivity contribution in [3.8, 4) is 5.75 Å². The number of ether oxygens (including phenoxy) is 1. The first kappa shape index (κ1) is 16.5. The first-order valence-electron chi connectivity index (χ1n) is 7.12. The van der Waals surface area contributed by atoms with Gasteiger partial charge in [-0.15, -0.1) is 12.4 Å². The molecule has 2 aliphatic heterocycles. The minimum absolute atomic E-state index is 0. The fraction of sp³-hybridized carbons (Fsp3) is 0.600. The summed E-state index contributed by atoms with van der Waals surface area (Å²) in [5.41, 5.74) is 1.62. The largest absolute Gasteiger partial charge is 0.435 e. The van der Waals surface area contributed by atoms with Crippen LogP contribution in [0.15, 0.2) is 24.3 Å². The van der Waals surface area contributed by atoms with Crippen molar-refractivity contribution < 1.29 is 13.5 Å². The first-order chi connectivity index (χ1) is 9.65. The van der Waals surface area contributed by atoms with Gasteiger partial charge in [0.05, 0.1) is 0 Å². The number of nitrogens with zero attached hydrogens (tertiary/aromatic N) is 1. The highest BCUT2D eigenvalue weighted by atomic mass is 35.5. The SMILES string of the molecule is Cl.FC(F)Oc1ccc(CN2CCC3(CCNC3)C2)cc1. The van der Waals surface area contributed by atoms with Gasteiger partial charge in [-0.2, -0.15) is 8.78 Å². The van der Waals surface area contributed by atoms with Gasteiger partial charge in [0.15, 0.2) is 0 Å². The Morgan fingerprint density at radius 2 is 2.00 bits per heavy atom. The molecule has 0 amide bonds. The number of halogens is 3. The van der Waals surface area contributed by atoms with Crippen molar-refractivity contribution in [1.82, 2.24) is 10.2 Å². The van der Waals surface area contributed by atoms with Crippen molar-refractivity contribution in [2.24, 2.45) is 5.41 Å². The molecule has 0 aromatic heterocycles. The Balaban J connectivity index is 0.00000161. The minimum atomic E-state index is -2.76. The molecule has 0 saturated carbocycles. The number of hydrogen-bond acceptors (Lipinski definition) is 3. The van der Waals surface area contributed by atoms with E-state index in [1.54, 1.807) is 12.1 Å². The molecule has 2 heterocycles. The monoisotopic (exact) mass is 318 g/mol. The zero-order chi connectivity index (χ0) is 14.0. The topological polar surface area (TPSA) is 24.5 Å². The summed E-state index contributed by atoms with van der Waals surface area (Å²) in [4.78, 5) is 2.45. The molecule has 21 heavy (non-hydrogen) atoms. The summed E-state index contributed by atoms with van der Waals surface area (Å²) in [6, 6.07) is 6.97.